The minimum atomic E-state index is 0.224. The van der Waals surface area contributed by atoms with Gasteiger partial charge in [0.25, 0.3) is 0 Å². The highest BCUT2D eigenvalue weighted by atomic mass is 15.2. The van der Waals surface area contributed by atoms with Crippen LogP contribution in [-0.4, -0.2) is 34.1 Å². The Labute approximate surface area is 111 Å². The zero-order chi connectivity index (χ0) is 13.9. The average molecular weight is 252 g/mol. The summed E-state index contributed by atoms with van der Waals surface area (Å²) in [5.74, 6) is 0. The van der Waals surface area contributed by atoms with Gasteiger partial charge in [0, 0.05) is 25.3 Å². The monoisotopic (exact) mass is 252 g/mol. The molecule has 0 spiro atoms. The number of nitrogens with two attached hydrogens (primary N) is 1. The van der Waals surface area contributed by atoms with Gasteiger partial charge < -0.3 is 10.3 Å². The summed E-state index contributed by atoms with van der Waals surface area (Å²) >= 11 is 0. The molecule has 0 aliphatic carbocycles. The first-order chi connectivity index (χ1) is 8.32. The molecule has 0 aliphatic rings. The highest BCUT2D eigenvalue weighted by molar-refractivity contribution is 5.07. The summed E-state index contributed by atoms with van der Waals surface area (Å²) in [6.07, 6.45) is 3.82. The molecule has 4 nitrogen and oxygen atoms in total. The fraction of sp³-hybridized carbons (Fsp3) is 0.786. The van der Waals surface area contributed by atoms with Crippen molar-refractivity contribution >= 4 is 0 Å². The predicted octanol–water partition coefficient (Wildman–Crippen LogP) is 2.27. The highest BCUT2D eigenvalue weighted by Crippen LogP contribution is 2.29. The lowest BCUT2D eigenvalue weighted by Gasteiger charge is -2.40. The summed E-state index contributed by atoms with van der Waals surface area (Å²) in [5.41, 5.74) is 7.43. The molecule has 1 aromatic heterocycles. The number of nitrogens with zero attached hydrogens (tertiary/aromatic N) is 3. The molecule has 0 saturated carbocycles. The Morgan fingerprint density at radius 2 is 2.06 bits per heavy atom. The second-order valence-corrected chi connectivity index (χ2v) is 6.06. The van der Waals surface area contributed by atoms with E-state index >= 15 is 0 Å². The maximum Gasteiger partial charge on any atom is 0.0948 e. The molecule has 18 heavy (non-hydrogen) atoms. The molecular weight excluding hydrogens is 224 g/mol. The van der Waals surface area contributed by atoms with E-state index in [0.29, 0.717) is 12.6 Å². The van der Waals surface area contributed by atoms with Crippen molar-refractivity contribution in [3.63, 3.8) is 0 Å². The molecule has 0 bridgehead atoms. The van der Waals surface area contributed by atoms with Gasteiger partial charge in [-0.2, -0.15) is 0 Å². The van der Waals surface area contributed by atoms with Gasteiger partial charge in [-0.1, -0.05) is 20.8 Å². The van der Waals surface area contributed by atoms with Crippen LogP contribution < -0.4 is 5.73 Å². The van der Waals surface area contributed by atoms with Crippen molar-refractivity contribution < 1.29 is 0 Å². The number of likely N-dealkylation sites (N-methyl/N-ethyl adjacent to an activating group) is 1. The van der Waals surface area contributed by atoms with E-state index < -0.39 is 0 Å². The molecule has 0 amide bonds. The van der Waals surface area contributed by atoms with Crippen LogP contribution in [0.2, 0.25) is 0 Å². The Balaban J connectivity index is 2.97. The second kappa shape index (κ2) is 5.85. The van der Waals surface area contributed by atoms with Gasteiger partial charge >= 0.3 is 0 Å². The lowest BCUT2D eigenvalue weighted by atomic mass is 9.86. The highest BCUT2D eigenvalue weighted by Gasteiger charge is 2.29. The lowest BCUT2D eigenvalue weighted by molar-refractivity contribution is 0.0966. The Morgan fingerprint density at radius 3 is 2.50 bits per heavy atom. The first kappa shape index (κ1) is 15.2. The van der Waals surface area contributed by atoms with E-state index in [9.17, 15) is 0 Å². The van der Waals surface area contributed by atoms with E-state index in [1.165, 1.54) is 5.69 Å². The Kier molecular flexibility index (Phi) is 4.93. The first-order valence-corrected chi connectivity index (χ1v) is 6.75. The summed E-state index contributed by atoms with van der Waals surface area (Å²) < 4.78 is 2.17. The van der Waals surface area contributed by atoms with E-state index in [1.54, 1.807) is 0 Å². The Bertz CT molecular complexity index is 364. The minimum Gasteiger partial charge on any atom is -0.333 e. The summed E-state index contributed by atoms with van der Waals surface area (Å²) in [7, 11) is 2.15. The normalized spacial score (nSPS) is 16.0. The molecular formula is C14H28N4. The third-order valence-electron chi connectivity index (χ3n) is 4.01. The minimum absolute atomic E-state index is 0.224. The third kappa shape index (κ3) is 3.12. The van der Waals surface area contributed by atoms with Crippen LogP contribution in [0.4, 0.5) is 0 Å². The standard InChI is InChI=1S/C14H28N4/c1-7-18-10-16-9-13(18)12(8-15)17(6)11(2)14(3,4)5/h9-12H,7-8,15H2,1-6H3. The summed E-state index contributed by atoms with van der Waals surface area (Å²) in [6, 6.07) is 0.674. The van der Waals surface area contributed by atoms with E-state index in [-0.39, 0.29) is 11.5 Å². The Hall–Kier alpha value is -0.870. The van der Waals surface area contributed by atoms with Crippen LogP contribution in [-0.2, 0) is 6.54 Å². The van der Waals surface area contributed by atoms with E-state index in [4.69, 9.17) is 5.73 Å². The average Bonchev–Trinajstić information content (AvgIpc) is 2.75. The summed E-state index contributed by atoms with van der Waals surface area (Å²) in [6.45, 7) is 12.7. The van der Waals surface area contributed by atoms with Crippen molar-refractivity contribution in [3.8, 4) is 0 Å². The molecule has 104 valence electrons. The fourth-order valence-electron chi connectivity index (χ4n) is 2.25. The van der Waals surface area contributed by atoms with Gasteiger partial charge in [-0.3, -0.25) is 4.90 Å². The molecule has 1 aromatic rings. The van der Waals surface area contributed by atoms with Crippen LogP contribution in [0, 0.1) is 5.41 Å². The predicted molar refractivity (Wildman–Crippen MR) is 76.4 cm³/mol. The van der Waals surface area contributed by atoms with Crippen molar-refractivity contribution in [2.24, 2.45) is 11.1 Å². The maximum absolute atomic E-state index is 5.99. The third-order valence-corrected chi connectivity index (χ3v) is 4.01. The summed E-state index contributed by atoms with van der Waals surface area (Å²) in [5, 5.41) is 0. The summed E-state index contributed by atoms with van der Waals surface area (Å²) in [4.78, 5) is 6.61. The maximum atomic E-state index is 5.99. The van der Waals surface area contributed by atoms with Crippen LogP contribution >= 0.6 is 0 Å². The van der Waals surface area contributed by atoms with Gasteiger partial charge in [-0.05, 0) is 26.3 Å². The number of imidazole rings is 1. The van der Waals surface area contributed by atoms with Gasteiger partial charge in [0.1, 0.15) is 0 Å². The molecule has 0 saturated heterocycles. The molecule has 0 fully saturated rings. The SMILES string of the molecule is CCn1cncc1C(CN)N(C)C(C)C(C)(C)C. The molecule has 0 aromatic carbocycles. The van der Waals surface area contributed by atoms with Crippen molar-refractivity contribution in [2.45, 2.75) is 53.2 Å². The van der Waals surface area contributed by atoms with Crippen LogP contribution in [0.15, 0.2) is 12.5 Å². The first-order valence-electron chi connectivity index (χ1n) is 6.75. The van der Waals surface area contributed by atoms with E-state index in [2.05, 4.69) is 56.1 Å². The van der Waals surface area contributed by atoms with Gasteiger partial charge in [0.15, 0.2) is 0 Å². The van der Waals surface area contributed by atoms with Crippen LogP contribution in [0.25, 0.3) is 0 Å². The molecule has 2 atom stereocenters. The number of aryl methyl sites for hydroxylation is 1. The molecule has 0 aliphatic heterocycles. The number of rotatable bonds is 5. The lowest BCUT2D eigenvalue weighted by Crippen LogP contribution is -2.44. The van der Waals surface area contributed by atoms with Crippen molar-refractivity contribution in [1.29, 1.82) is 0 Å². The molecule has 4 heteroatoms. The van der Waals surface area contributed by atoms with Crippen molar-refractivity contribution in [2.75, 3.05) is 13.6 Å². The molecule has 0 radical (unpaired) electrons. The molecule has 2 N–H and O–H groups in total. The zero-order valence-corrected chi connectivity index (χ0v) is 12.6. The smallest absolute Gasteiger partial charge is 0.0948 e. The Morgan fingerprint density at radius 1 is 1.44 bits per heavy atom. The zero-order valence-electron chi connectivity index (χ0n) is 12.6. The van der Waals surface area contributed by atoms with Gasteiger partial charge in [0.2, 0.25) is 0 Å². The molecule has 2 unspecified atom stereocenters. The number of aromatic nitrogens is 2. The van der Waals surface area contributed by atoms with Crippen LogP contribution in [0.5, 0.6) is 0 Å². The number of hydrogen-bond acceptors (Lipinski definition) is 3. The number of hydrogen-bond donors (Lipinski definition) is 1. The largest absolute Gasteiger partial charge is 0.333 e. The van der Waals surface area contributed by atoms with Gasteiger partial charge in [-0.25, -0.2) is 4.98 Å². The topological polar surface area (TPSA) is 47.1 Å². The quantitative estimate of drug-likeness (QED) is 0.874. The van der Waals surface area contributed by atoms with Gasteiger partial charge in [0.05, 0.1) is 18.1 Å². The molecule has 1 heterocycles. The van der Waals surface area contributed by atoms with Crippen molar-refractivity contribution in [1.82, 2.24) is 14.5 Å². The van der Waals surface area contributed by atoms with Crippen LogP contribution in [0.3, 0.4) is 0 Å². The van der Waals surface area contributed by atoms with Crippen LogP contribution in [0.1, 0.15) is 46.4 Å². The molecule has 1 rings (SSSR count). The second-order valence-electron chi connectivity index (χ2n) is 6.06. The van der Waals surface area contributed by atoms with E-state index in [0.717, 1.165) is 6.54 Å². The van der Waals surface area contributed by atoms with Gasteiger partial charge in [-0.15, -0.1) is 0 Å². The van der Waals surface area contributed by atoms with E-state index in [1.807, 2.05) is 12.5 Å². The van der Waals surface area contributed by atoms with Crippen molar-refractivity contribution in [3.05, 3.63) is 18.2 Å². The fourth-order valence-corrected chi connectivity index (χ4v) is 2.25.